The molecule has 2 unspecified atom stereocenters. The number of nitrogen functional groups attached to an aromatic ring is 1. The van der Waals surface area contributed by atoms with E-state index in [2.05, 4.69) is 5.32 Å². The fraction of sp³-hybridized carbons (Fsp3) is 0.538. The van der Waals surface area contributed by atoms with Crippen LogP contribution >= 0.6 is 0 Å². The van der Waals surface area contributed by atoms with Gasteiger partial charge in [0.2, 0.25) is 0 Å². The molecule has 1 aliphatic heterocycles. The summed E-state index contributed by atoms with van der Waals surface area (Å²) in [7, 11) is 0. The third-order valence-electron chi connectivity index (χ3n) is 3.26. The van der Waals surface area contributed by atoms with Crippen LogP contribution in [0.3, 0.4) is 0 Å². The fourth-order valence-electron chi connectivity index (χ4n) is 2.25. The largest absolute Gasteiger partial charge is 0.399 e. The van der Waals surface area contributed by atoms with Crippen LogP contribution in [0, 0.1) is 0 Å². The Hall–Kier alpha value is -1.06. The van der Waals surface area contributed by atoms with Crippen molar-refractivity contribution in [2.24, 2.45) is 0 Å². The molecule has 3 heteroatoms. The molecule has 3 nitrogen and oxygen atoms in total. The van der Waals surface area contributed by atoms with Gasteiger partial charge in [0.05, 0.1) is 6.10 Å². The van der Waals surface area contributed by atoms with Gasteiger partial charge in [-0.1, -0.05) is 25.0 Å². The van der Waals surface area contributed by atoms with Crippen LogP contribution in [0.2, 0.25) is 0 Å². The molecule has 1 saturated heterocycles. The predicted octanol–water partition coefficient (Wildman–Crippen LogP) is 1.83. The Morgan fingerprint density at radius 1 is 1.19 bits per heavy atom. The molecule has 4 N–H and O–H groups in total. The number of aliphatic hydroxyl groups is 1. The van der Waals surface area contributed by atoms with Crippen molar-refractivity contribution in [1.82, 2.24) is 5.32 Å². The molecule has 1 aliphatic rings. The van der Waals surface area contributed by atoms with E-state index in [1.54, 1.807) is 0 Å². The molecule has 0 aliphatic carbocycles. The third-order valence-corrected chi connectivity index (χ3v) is 3.26. The SMILES string of the molecule is Nc1ccc(C(O)C2CCCCCN2)cc1. The summed E-state index contributed by atoms with van der Waals surface area (Å²) in [5.74, 6) is 0. The number of nitrogens with two attached hydrogens (primary N) is 1. The van der Waals surface area contributed by atoms with Crippen LogP contribution in [0.15, 0.2) is 24.3 Å². The Morgan fingerprint density at radius 2 is 1.94 bits per heavy atom. The molecule has 0 saturated carbocycles. The van der Waals surface area contributed by atoms with Gasteiger partial charge in [0.1, 0.15) is 0 Å². The van der Waals surface area contributed by atoms with Crippen LogP contribution in [-0.4, -0.2) is 17.7 Å². The van der Waals surface area contributed by atoms with Crippen LogP contribution in [0.4, 0.5) is 5.69 Å². The van der Waals surface area contributed by atoms with Gasteiger partial charge < -0.3 is 16.2 Å². The summed E-state index contributed by atoms with van der Waals surface area (Å²) in [5, 5.41) is 13.7. The van der Waals surface area contributed by atoms with Crippen LogP contribution in [0.25, 0.3) is 0 Å². The minimum Gasteiger partial charge on any atom is -0.399 e. The number of rotatable bonds is 2. The first-order valence-corrected chi connectivity index (χ1v) is 6.04. The van der Waals surface area contributed by atoms with Gasteiger partial charge in [-0.15, -0.1) is 0 Å². The first kappa shape index (κ1) is 11.4. The van der Waals surface area contributed by atoms with E-state index in [1.165, 1.54) is 19.3 Å². The number of benzene rings is 1. The van der Waals surface area contributed by atoms with Crippen LogP contribution < -0.4 is 11.1 Å². The molecule has 0 amide bonds. The van der Waals surface area contributed by atoms with Gasteiger partial charge in [-0.05, 0) is 37.1 Å². The van der Waals surface area contributed by atoms with Crippen molar-refractivity contribution in [1.29, 1.82) is 0 Å². The van der Waals surface area contributed by atoms with Gasteiger partial charge in [-0.25, -0.2) is 0 Å². The summed E-state index contributed by atoms with van der Waals surface area (Å²) in [4.78, 5) is 0. The highest BCUT2D eigenvalue weighted by molar-refractivity contribution is 5.40. The maximum atomic E-state index is 10.3. The second kappa shape index (κ2) is 5.32. The van der Waals surface area contributed by atoms with Crippen LogP contribution in [0.1, 0.15) is 37.4 Å². The molecule has 0 spiro atoms. The van der Waals surface area contributed by atoms with E-state index in [1.807, 2.05) is 24.3 Å². The normalized spacial score (nSPS) is 23.7. The summed E-state index contributed by atoms with van der Waals surface area (Å²) in [5.41, 5.74) is 7.33. The average Bonchev–Trinajstić information content (AvgIpc) is 2.57. The highest BCUT2D eigenvalue weighted by Crippen LogP contribution is 2.23. The van der Waals surface area contributed by atoms with Crippen molar-refractivity contribution >= 4 is 5.69 Å². The van der Waals surface area contributed by atoms with Crippen molar-refractivity contribution in [3.05, 3.63) is 29.8 Å². The van der Waals surface area contributed by atoms with E-state index in [-0.39, 0.29) is 6.04 Å². The quantitative estimate of drug-likeness (QED) is 0.666. The molecule has 88 valence electrons. The number of anilines is 1. The molecule has 0 bridgehead atoms. The summed E-state index contributed by atoms with van der Waals surface area (Å²) in [6.07, 6.45) is 4.30. The van der Waals surface area contributed by atoms with Gasteiger partial charge in [-0.2, -0.15) is 0 Å². The van der Waals surface area contributed by atoms with Crippen LogP contribution in [-0.2, 0) is 0 Å². The van der Waals surface area contributed by atoms with E-state index in [4.69, 9.17) is 5.73 Å². The van der Waals surface area contributed by atoms with E-state index < -0.39 is 6.10 Å². The monoisotopic (exact) mass is 220 g/mol. The smallest absolute Gasteiger partial charge is 0.0942 e. The third kappa shape index (κ3) is 2.74. The summed E-state index contributed by atoms with van der Waals surface area (Å²) in [6.45, 7) is 1.01. The number of hydrogen-bond acceptors (Lipinski definition) is 3. The summed E-state index contributed by atoms with van der Waals surface area (Å²) < 4.78 is 0. The molecule has 1 fully saturated rings. The Balaban J connectivity index is 2.04. The number of nitrogens with one attached hydrogen (secondary N) is 1. The molecule has 0 aromatic heterocycles. The van der Waals surface area contributed by atoms with Crippen molar-refractivity contribution in [2.75, 3.05) is 12.3 Å². The van der Waals surface area contributed by atoms with Crippen molar-refractivity contribution in [3.8, 4) is 0 Å². The standard InChI is InChI=1S/C13H20N2O/c14-11-7-5-10(6-8-11)13(16)12-4-2-1-3-9-15-12/h5-8,12-13,15-16H,1-4,9,14H2. The zero-order chi connectivity index (χ0) is 11.4. The number of aliphatic hydroxyl groups excluding tert-OH is 1. The van der Waals surface area contributed by atoms with E-state index in [9.17, 15) is 5.11 Å². The lowest BCUT2D eigenvalue weighted by Crippen LogP contribution is -2.34. The van der Waals surface area contributed by atoms with Crippen LogP contribution in [0.5, 0.6) is 0 Å². The Labute approximate surface area is 96.7 Å². The second-order valence-electron chi connectivity index (χ2n) is 4.52. The Bertz CT molecular complexity index is 315. The van der Waals surface area contributed by atoms with E-state index >= 15 is 0 Å². The van der Waals surface area contributed by atoms with Gasteiger partial charge in [0.15, 0.2) is 0 Å². The molecular weight excluding hydrogens is 200 g/mol. The van der Waals surface area contributed by atoms with E-state index in [0.29, 0.717) is 0 Å². The molecule has 1 aromatic rings. The zero-order valence-electron chi connectivity index (χ0n) is 9.52. The highest BCUT2D eigenvalue weighted by atomic mass is 16.3. The maximum absolute atomic E-state index is 10.3. The minimum absolute atomic E-state index is 0.186. The topological polar surface area (TPSA) is 58.3 Å². The van der Waals surface area contributed by atoms with Crippen molar-refractivity contribution in [2.45, 2.75) is 37.8 Å². The van der Waals surface area contributed by atoms with Crippen molar-refractivity contribution in [3.63, 3.8) is 0 Å². The predicted molar refractivity (Wildman–Crippen MR) is 66.1 cm³/mol. The Morgan fingerprint density at radius 3 is 2.69 bits per heavy atom. The lowest BCUT2D eigenvalue weighted by molar-refractivity contribution is 0.126. The van der Waals surface area contributed by atoms with Gasteiger partial charge in [0, 0.05) is 11.7 Å². The first-order valence-electron chi connectivity index (χ1n) is 6.04. The lowest BCUT2D eigenvalue weighted by Gasteiger charge is -2.22. The second-order valence-corrected chi connectivity index (χ2v) is 4.52. The van der Waals surface area contributed by atoms with E-state index in [0.717, 1.165) is 24.2 Å². The van der Waals surface area contributed by atoms with Gasteiger partial charge in [0.25, 0.3) is 0 Å². The molecule has 1 aromatic carbocycles. The lowest BCUT2D eigenvalue weighted by atomic mass is 9.98. The molecule has 1 heterocycles. The fourth-order valence-corrected chi connectivity index (χ4v) is 2.25. The first-order chi connectivity index (χ1) is 7.77. The molecule has 16 heavy (non-hydrogen) atoms. The Kier molecular flexibility index (Phi) is 3.80. The molecule has 0 radical (unpaired) electrons. The summed E-state index contributed by atoms with van der Waals surface area (Å²) in [6, 6.07) is 7.69. The molecule has 2 atom stereocenters. The summed E-state index contributed by atoms with van der Waals surface area (Å²) >= 11 is 0. The highest BCUT2D eigenvalue weighted by Gasteiger charge is 2.21. The molecule has 2 rings (SSSR count). The zero-order valence-corrected chi connectivity index (χ0v) is 9.52. The maximum Gasteiger partial charge on any atom is 0.0942 e. The number of hydrogen-bond donors (Lipinski definition) is 3. The van der Waals surface area contributed by atoms with Crippen molar-refractivity contribution < 1.29 is 5.11 Å². The van der Waals surface area contributed by atoms with Gasteiger partial charge in [-0.3, -0.25) is 0 Å². The van der Waals surface area contributed by atoms with Gasteiger partial charge >= 0.3 is 0 Å². The average molecular weight is 220 g/mol. The molecular formula is C13H20N2O. The minimum atomic E-state index is -0.418.